The number of nitrogens with one attached hydrogen (secondary N) is 2. The lowest BCUT2D eigenvalue weighted by molar-refractivity contribution is -0.121. The Kier molecular flexibility index (Phi) is 7.03. The Morgan fingerprint density at radius 1 is 1.19 bits per heavy atom. The van der Waals surface area contributed by atoms with E-state index in [0.29, 0.717) is 30.6 Å². The summed E-state index contributed by atoms with van der Waals surface area (Å²) in [7, 11) is 2.16. The molecule has 32 heavy (non-hydrogen) atoms. The summed E-state index contributed by atoms with van der Waals surface area (Å²) in [6.07, 6.45) is 0.704. The molecule has 7 nitrogen and oxygen atoms in total. The summed E-state index contributed by atoms with van der Waals surface area (Å²) in [5.74, 6) is 0.517. The van der Waals surface area contributed by atoms with E-state index in [1.165, 1.54) is 16.9 Å². The molecule has 1 amide bonds. The Balaban J connectivity index is 1.29. The lowest BCUT2D eigenvalue weighted by Gasteiger charge is -2.32. The predicted octanol–water partition coefficient (Wildman–Crippen LogP) is 2.60. The molecule has 4 rings (SSSR count). The number of likely N-dealkylation sites (N-methyl/N-ethyl adjacent to an activating group) is 1. The van der Waals surface area contributed by atoms with Gasteiger partial charge in [-0.15, -0.1) is 11.3 Å². The van der Waals surface area contributed by atoms with Crippen LogP contribution in [0.2, 0.25) is 0 Å². The zero-order valence-electron chi connectivity index (χ0n) is 19.0. The maximum Gasteiger partial charge on any atom is 0.259 e. The van der Waals surface area contributed by atoms with Gasteiger partial charge in [0.1, 0.15) is 10.7 Å². The van der Waals surface area contributed by atoms with Crippen LogP contribution in [0.5, 0.6) is 0 Å². The number of rotatable bonds is 7. The molecule has 0 atom stereocenters. The first-order chi connectivity index (χ1) is 15.4. The van der Waals surface area contributed by atoms with E-state index in [0.717, 1.165) is 53.6 Å². The summed E-state index contributed by atoms with van der Waals surface area (Å²) >= 11 is 1.53. The number of aromatic amines is 1. The number of fused-ring (bicyclic) bond motifs is 1. The molecule has 8 heteroatoms. The van der Waals surface area contributed by atoms with Crippen LogP contribution in [0.4, 0.5) is 0 Å². The smallest absolute Gasteiger partial charge is 0.259 e. The van der Waals surface area contributed by atoms with E-state index in [-0.39, 0.29) is 11.5 Å². The fraction of sp³-hybridized carbons (Fsp3) is 0.458. The van der Waals surface area contributed by atoms with Gasteiger partial charge in [-0.2, -0.15) is 0 Å². The minimum Gasteiger partial charge on any atom is -0.352 e. The van der Waals surface area contributed by atoms with Gasteiger partial charge in [0, 0.05) is 57.0 Å². The molecule has 3 aromatic rings. The quantitative estimate of drug-likeness (QED) is 0.575. The monoisotopic (exact) mass is 453 g/mol. The number of H-pyrrole nitrogens is 1. The van der Waals surface area contributed by atoms with Crippen LogP contribution in [0.25, 0.3) is 10.2 Å². The highest BCUT2D eigenvalue weighted by molar-refractivity contribution is 7.18. The second-order valence-corrected chi connectivity index (χ2v) is 9.86. The fourth-order valence-corrected chi connectivity index (χ4v) is 5.09. The molecule has 0 bridgehead atoms. The second kappa shape index (κ2) is 9.94. The molecule has 2 aromatic heterocycles. The van der Waals surface area contributed by atoms with Gasteiger partial charge in [0.25, 0.3) is 5.56 Å². The molecule has 1 aromatic carbocycles. The number of hydrogen-bond acceptors (Lipinski definition) is 6. The number of aromatic nitrogens is 2. The summed E-state index contributed by atoms with van der Waals surface area (Å²) in [5, 5.41) is 3.66. The first-order valence-corrected chi connectivity index (χ1v) is 11.9. The number of carbonyl (C=O) groups is 1. The third-order valence-corrected chi connectivity index (χ3v) is 7.26. The Hall–Kier alpha value is -2.55. The third-order valence-electron chi connectivity index (χ3n) is 6.16. The molecule has 1 saturated heterocycles. The molecule has 1 aliphatic rings. The maximum atomic E-state index is 12.4. The van der Waals surface area contributed by atoms with Crippen LogP contribution in [-0.4, -0.2) is 58.9 Å². The van der Waals surface area contributed by atoms with Crippen LogP contribution in [0, 0.1) is 13.8 Å². The molecule has 0 aliphatic carbocycles. The highest BCUT2D eigenvalue weighted by Crippen LogP contribution is 2.25. The summed E-state index contributed by atoms with van der Waals surface area (Å²) in [4.78, 5) is 38.8. The number of piperazine rings is 1. The zero-order chi connectivity index (χ0) is 22.7. The average molecular weight is 454 g/mol. The lowest BCUT2D eigenvalue weighted by Crippen LogP contribution is -2.43. The van der Waals surface area contributed by atoms with Crippen molar-refractivity contribution in [3.05, 3.63) is 62.0 Å². The van der Waals surface area contributed by atoms with Gasteiger partial charge >= 0.3 is 0 Å². The van der Waals surface area contributed by atoms with E-state index < -0.39 is 0 Å². The van der Waals surface area contributed by atoms with Crippen molar-refractivity contribution in [1.29, 1.82) is 0 Å². The van der Waals surface area contributed by atoms with Crippen molar-refractivity contribution in [2.45, 2.75) is 39.8 Å². The number of carbonyl (C=O) groups excluding carboxylic acids is 1. The highest BCUT2D eigenvalue weighted by atomic mass is 32.1. The second-order valence-electron chi connectivity index (χ2n) is 8.65. The van der Waals surface area contributed by atoms with Crippen LogP contribution in [0.1, 0.15) is 33.8 Å². The van der Waals surface area contributed by atoms with E-state index in [1.54, 1.807) is 0 Å². The molecule has 0 spiro atoms. The number of benzene rings is 1. The van der Waals surface area contributed by atoms with E-state index in [4.69, 9.17) is 0 Å². The first kappa shape index (κ1) is 22.6. The lowest BCUT2D eigenvalue weighted by atomic mass is 10.1. The summed E-state index contributed by atoms with van der Waals surface area (Å²) in [6.45, 7) is 9.77. The molecule has 0 radical (unpaired) electrons. The number of amides is 1. The van der Waals surface area contributed by atoms with Gasteiger partial charge in [0.2, 0.25) is 5.91 Å². The maximum absolute atomic E-state index is 12.4. The summed E-state index contributed by atoms with van der Waals surface area (Å²) in [5.41, 5.74) is 3.24. The van der Waals surface area contributed by atoms with Crippen LogP contribution in [0.15, 0.2) is 29.1 Å². The molecule has 2 N–H and O–H groups in total. The standard InChI is InChI=1S/C24H31N5O2S/c1-16-17(2)32-24-22(16)23(31)26-20(27-24)7-8-21(30)25-14-18-5-4-6-19(13-18)15-29-11-9-28(3)10-12-29/h4-6,13H,7-12,14-15H2,1-3H3,(H,25,30)(H,26,27,31). The average Bonchev–Trinajstić information content (AvgIpc) is 3.06. The Morgan fingerprint density at radius 2 is 1.94 bits per heavy atom. The zero-order valence-corrected chi connectivity index (χ0v) is 19.8. The van der Waals surface area contributed by atoms with Crippen molar-refractivity contribution >= 4 is 27.5 Å². The van der Waals surface area contributed by atoms with Crippen molar-refractivity contribution in [3.63, 3.8) is 0 Å². The largest absolute Gasteiger partial charge is 0.352 e. The molecular weight excluding hydrogens is 422 g/mol. The van der Waals surface area contributed by atoms with Crippen LogP contribution >= 0.6 is 11.3 Å². The Morgan fingerprint density at radius 3 is 2.72 bits per heavy atom. The van der Waals surface area contributed by atoms with Gasteiger partial charge in [-0.05, 0) is 37.6 Å². The number of thiophene rings is 1. The fourth-order valence-electron chi connectivity index (χ4n) is 4.04. The van der Waals surface area contributed by atoms with Gasteiger partial charge in [0.15, 0.2) is 0 Å². The SMILES string of the molecule is Cc1sc2nc(CCC(=O)NCc3cccc(CN4CCN(C)CC4)c3)[nH]c(=O)c2c1C. The van der Waals surface area contributed by atoms with Crippen molar-refractivity contribution in [1.82, 2.24) is 25.1 Å². The first-order valence-electron chi connectivity index (χ1n) is 11.1. The molecule has 1 fully saturated rings. The molecule has 0 unspecified atom stereocenters. The van der Waals surface area contributed by atoms with Crippen molar-refractivity contribution < 1.29 is 4.79 Å². The molecule has 170 valence electrons. The van der Waals surface area contributed by atoms with Crippen LogP contribution in [-0.2, 0) is 24.3 Å². The summed E-state index contributed by atoms with van der Waals surface area (Å²) in [6, 6.07) is 8.42. The van der Waals surface area contributed by atoms with Gasteiger partial charge in [0.05, 0.1) is 5.39 Å². The number of hydrogen-bond donors (Lipinski definition) is 2. The van der Waals surface area contributed by atoms with E-state index in [9.17, 15) is 9.59 Å². The van der Waals surface area contributed by atoms with Crippen molar-refractivity contribution in [2.24, 2.45) is 0 Å². The Labute approximate surface area is 192 Å². The third kappa shape index (κ3) is 5.43. The van der Waals surface area contributed by atoms with Gasteiger partial charge in [-0.25, -0.2) is 4.98 Å². The number of aryl methyl sites for hydroxylation is 3. The van der Waals surface area contributed by atoms with Crippen LogP contribution < -0.4 is 10.9 Å². The normalized spacial score (nSPS) is 15.3. The minimum absolute atomic E-state index is 0.0456. The molecule has 1 aliphatic heterocycles. The van der Waals surface area contributed by atoms with E-state index in [2.05, 4.69) is 50.3 Å². The number of nitrogens with zero attached hydrogens (tertiary/aromatic N) is 3. The van der Waals surface area contributed by atoms with Gasteiger partial charge < -0.3 is 15.2 Å². The molecule has 3 heterocycles. The predicted molar refractivity (Wildman–Crippen MR) is 129 cm³/mol. The molecule has 0 saturated carbocycles. The van der Waals surface area contributed by atoms with Gasteiger partial charge in [-0.1, -0.05) is 24.3 Å². The minimum atomic E-state index is -0.121. The topological polar surface area (TPSA) is 81.3 Å². The van der Waals surface area contributed by atoms with E-state index >= 15 is 0 Å². The highest BCUT2D eigenvalue weighted by Gasteiger charge is 2.15. The Bertz CT molecular complexity index is 1160. The van der Waals surface area contributed by atoms with Crippen molar-refractivity contribution in [3.8, 4) is 0 Å². The van der Waals surface area contributed by atoms with Gasteiger partial charge in [-0.3, -0.25) is 14.5 Å². The molecular formula is C24H31N5O2S. The van der Waals surface area contributed by atoms with Crippen LogP contribution in [0.3, 0.4) is 0 Å². The summed E-state index contributed by atoms with van der Waals surface area (Å²) < 4.78 is 0. The van der Waals surface area contributed by atoms with Crippen molar-refractivity contribution in [2.75, 3.05) is 33.2 Å². The van der Waals surface area contributed by atoms with E-state index in [1.807, 2.05) is 19.9 Å².